The molecule has 0 radical (unpaired) electrons. The van der Waals surface area contributed by atoms with Crippen LogP contribution in [0.4, 0.5) is 0 Å². The highest BCUT2D eigenvalue weighted by atomic mass is 15.3. The number of likely N-dealkylation sites (N-methyl/N-ethyl adjacent to an activating group) is 1. The molecule has 0 N–H and O–H groups in total. The minimum atomic E-state index is 0.461. The summed E-state index contributed by atoms with van der Waals surface area (Å²) in [6, 6.07) is 3.41. The monoisotopic (exact) mass is 209 g/mol. The zero-order chi connectivity index (χ0) is 11.4. The van der Waals surface area contributed by atoms with Gasteiger partial charge in [0.05, 0.1) is 12.5 Å². The molecule has 1 rings (SSSR count). The lowest BCUT2D eigenvalue weighted by atomic mass is 10.1. The summed E-state index contributed by atoms with van der Waals surface area (Å²) < 4.78 is 0. The Morgan fingerprint density at radius 3 is 2.53 bits per heavy atom. The SMILES string of the molecule is CCC(CC#N)N1CC(C)C(N(C)C)C1. The van der Waals surface area contributed by atoms with Crippen molar-refractivity contribution < 1.29 is 0 Å². The molecule has 3 unspecified atom stereocenters. The summed E-state index contributed by atoms with van der Waals surface area (Å²) in [4.78, 5) is 4.79. The van der Waals surface area contributed by atoms with Gasteiger partial charge in [-0.15, -0.1) is 0 Å². The Morgan fingerprint density at radius 2 is 2.13 bits per heavy atom. The fourth-order valence-corrected chi connectivity index (χ4v) is 2.59. The van der Waals surface area contributed by atoms with Crippen LogP contribution in [0.1, 0.15) is 26.7 Å². The van der Waals surface area contributed by atoms with E-state index in [4.69, 9.17) is 5.26 Å². The molecule has 0 spiro atoms. The van der Waals surface area contributed by atoms with Crippen molar-refractivity contribution in [2.24, 2.45) is 5.92 Å². The van der Waals surface area contributed by atoms with Gasteiger partial charge >= 0.3 is 0 Å². The third-order valence-corrected chi connectivity index (χ3v) is 3.58. The van der Waals surface area contributed by atoms with E-state index < -0.39 is 0 Å². The number of nitrogens with zero attached hydrogens (tertiary/aromatic N) is 3. The van der Waals surface area contributed by atoms with Crippen molar-refractivity contribution >= 4 is 0 Å². The molecule has 0 aromatic rings. The molecule has 15 heavy (non-hydrogen) atoms. The van der Waals surface area contributed by atoms with Crippen LogP contribution in [-0.2, 0) is 0 Å². The van der Waals surface area contributed by atoms with Crippen molar-refractivity contribution in [3.63, 3.8) is 0 Å². The van der Waals surface area contributed by atoms with Crippen molar-refractivity contribution in [3.8, 4) is 6.07 Å². The third-order valence-electron chi connectivity index (χ3n) is 3.58. The van der Waals surface area contributed by atoms with Crippen molar-refractivity contribution in [1.82, 2.24) is 9.80 Å². The molecule has 0 saturated carbocycles. The molecule has 0 aromatic heterocycles. The molecule has 3 atom stereocenters. The van der Waals surface area contributed by atoms with Crippen molar-refractivity contribution in [1.29, 1.82) is 5.26 Å². The normalized spacial score (nSPS) is 29.3. The van der Waals surface area contributed by atoms with Crippen LogP contribution < -0.4 is 0 Å². The smallest absolute Gasteiger partial charge is 0.0638 e. The van der Waals surface area contributed by atoms with E-state index in [1.54, 1.807) is 0 Å². The average Bonchev–Trinajstić information content (AvgIpc) is 2.56. The van der Waals surface area contributed by atoms with Gasteiger partial charge in [-0.3, -0.25) is 4.90 Å². The Balaban J connectivity index is 2.56. The lowest BCUT2D eigenvalue weighted by molar-refractivity contribution is 0.212. The van der Waals surface area contributed by atoms with Crippen LogP contribution in [0.2, 0.25) is 0 Å². The van der Waals surface area contributed by atoms with Gasteiger partial charge in [0.2, 0.25) is 0 Å². The first-order valence-electron chi connectivity index (χ1n) is 5.87. The molecule has 86 valence electrons. The van der Waals surface area contributed by atoms with E-state index in [9.17, 15) is 0 Å². The van der Waals surface area contributed by atoms with Gasteiger partial charge in [-0.25, -0.2) is 0 Å². The Bertz CT molecular complexity index is 232. The highest BCUT2D eigenvalue weighted by molar-refractivity contribution is 4.92. The van der Waals surface area contributed by atoms with Crippen LogP contribution in [-0.4, -0.2) is 49.1 Å². The van der Waals surface area contributed by atoms with Crippen molar-refractivity contribution in [3.05, 3.63) is 0 Å². The number of nitriles is 1. The van der Waals surface area contributed by atoms with Gasteiger partial charge in [-0.2, -0.15) is 5.26 Å². The molecule has 0 aromatic carbocycles. The van der Waals surface area contributed by atoms with Crippen LogP contribution in [0.15, 0.2) is 0 Å². The average molecular weight is 209 g/mol. The van der Waals surface area contributed by atoms with Gasteiger partial charge in [-0.1, -0.05) is 13.8 Å². The van der Waals surface area contributed by atoms with Crippen LogP contribution in [0.5, 0.6) is 0 Å². The first-order chi connectivity index (χ1) is 7.10. The zero-order valence-corrected chi connectivity index (χ0v) is 10.4. The zero-order valence-electron chi connectivity index (χ0n) is 10.4. The van der Waals surface area contributed by atoms with Gasteiger partial charge < -0.3 is 4.90 Å². The molecule has 1 saturated heterocycles. The molecule has 3 nitrogen and oxygen atoms in total. The Labute approximate surface area is 93.7 Å². The van der Waals surface area contributed by atoms with E-state index >= 15 is 0 Å². The largest absolute Gasteiger partial charge is 0.305 e. The Hall–Kier alpha value is -0.590. The highest BCUT2D eigenvalue weighted by Gasteiger charge is 2.33. The third kappa shape index (κ3) is 2.93. The minimum Gasteiger partial charge on any atom is -0.305 e. The van der Waals surface area contributed by atoms with Crippen LogP contribution in [0, 0.1) is 17.2 Å². The number of hydrogen-bond donors (Lipinski definition) is 0. The topological polar surface area (TPSA) is 30.3 Å². The first kappa shape index (κ1) is 12.5. The molecule has 1 fully saturated rings. The van der Waals surface area contributed by atoms with E-state index in [2.05, 4.69) is 43.8 Å². The van der Waals surface area contributed by atoms with E-state index in [0.29, 0.717) is 24.4 Å². The van der Waals surface area contributed by atoms with Crippen LogP contribution >= 0.6 is 0 Å². The first-order valence-corrected chi connectivity index (χ1v) is 5.87. The summed E-state index contributed by atoms with van der Waals surface area (Å²) >= 11 is 0. The van der Waals surface area contributed by atoms with Gasteiger partial charge in [0.25, 0.3) is 0 Å². The Morgan fingerprint density at radius 1 is 1.47 bits per heavy atom. The summed E-state index contributed by atoms with van der Waals surface area (Å²) in [7, 11) is 4.30. The molecule has 0 amide bonds. The van der Waals surface area contributed by atoms with E-state index in [1.165, 1.54) is 0 Å². The molecule has 0 aliphatic carbocycles. The van der Waals surface area contributed by atoms with Crippen LogP contribution in [0.3, 0.4) is 0 Å². The van der Waals surface area contributed by atoms with Gasteiger partial charge in [0.1, 0.15) is 0 Å². The summed E-state index contributed by atoms with van der Waals surface area (Å²) in [6.07, 6.45) is 1.75. The lowest BCUT2D eigenvalue weighted by Crippen LogP contribution is -2.37. The predicted molar refractivity (Wildman–Crippen MR) is 62.5 cm³/mol. The fourth-order valence-electron chi connectivity index (χ4n) is 2.59. The number of rotatable bonds is 4. The summed E-state index contributed by atoms with van der Waals surface area (Å²) in [5.74, 6) is 0.716. The molecule has 1 aliphatic heterocycles. The van der Waals surface area contributed by atoms with Gasteiger partial charge in [0.15, 0.2) is 0 Å². The maximum atomic E-state index is 8.78. The molecule has 0 bridgehead atoms. The number of likely N-dealkylation sites (tertiary alicyclic amines) is 1. The van der Waals surface area contributed by atoms with Crippen molar-refractivity contribution in [2.75, 3.05) is 27.2 Å². The molecular weight excluding hydrogens is 186 g/mol. The maximum Gasteiger partial charge on any atom is 0.0638 e. The number of hydrogen-bond acceptors (Lipinski definition) is 3. The summed E-state index contributed by atoms with van der Waals surface area (Å²) in [5, 5.41) is 8.78. The van der Waals surface area contributed by atoms with Crippen LogP contribution in [0.25, 0.3) is 0 Å². The predicted octanol–water partition coefficient (Wildman–Crippen LogP) is 1.56. The second kappa shape index (κ2) is 5.48. The lowest BCUT2D eigenvalue weighted by Gasteiger charge is -2.26. The summed E-state index contributed by atoms with van der Waals surface area (Å²) in [5.41, 5.74) is 0. The second-order valence-corrected chi connectivity index (χ2v) is 4.89. The molecular formula is C12H23N3. The molecule has 1 aliphatic rings. The van der Waals surface area contributed by atoms with Gasteiger partial charge in [0, 0.05) is 25.2 Å². The van der Waals surface area contributed by atoms with Gasteiger partial charge in [-0.05, 0) is 26.4 Å². The Kier molecular flexibility index (Phi) is 4.56. The van der Waals surface area contributed by atoms with E-state index in [0.717, 1.165) is 19.5 Å². The maximum absolute atomic E-state index is 8.78. The quantitative estimate of drug-likeness (QED) is 0.704. The van der Waals surface area contributed by atoms with E-state index in [1.807, 2.05) is 0 Å². The van der Waals surface area contributed by atoms with E-state index in [-0.39, 0.29) is 0 Å². The second-order valence-electron chi connectivity index (χ2n) is 4.89. The van der Waals surface area contributed by atoms with Crippen molar-refractivity contribution in [2.45, 2.75) is 38.8 Å². The minimum absolute atomic E-state index is 0.461. The molecule has 1 heterocycles. The highest BCUT2D eigenvalue weighted by Crippen LogP contribution is 2.23. The fraction of sp³-hybridized carbons (Fsp3) is 0.917. The standard InChI is InChI=1S/C12H23N3/c1-5-11(6-7-13)15-8-10(2)12(9-15)14(3)4/h10-12H,5-6,8-9H2,1-4H3. The molecule has 3 heteroatoms. The summed E-state index contributed by atoms with van der Waals surface area (Å²) in [6.45, 7) is 6.75.